The molecule has 8 heteroatoms. The molecule has 0 atom stereocenters. The number of hydrogen-bond donors (Lipinski definition) is 1. The van der Waals surface area contributed by atoms with Gasteiger partial charge < -0.3 is 14.5 Å². The molecule has 0 spiro atoms. The molecule has 3 heterocycles. The number of pyridine rings is 1. The van der Waals surface area contributed by atoms with Crippen LogP contribution in [0.3, 0.4) is 0 Å². The van der Waals surface area contributed by atoms with Crippen LogP contribution in [0.15, 0.2) is 73.4 Å². The van der Waals surface area contributed by atoms with Crippen molar-refractivity contribution in [2.45, 2.75) is 38.6 Å². The highest BCUT2D eigenvalue weighted by molar-refractivity contribution is 6.06. The lowest BCUT2D eigenvalue weighted by Gasteiger charge is -2.11. The van der Waals surface area contributed by atoms with Crippen LogP contribution in [0.25, 0.3) is 28.0 Å². The van der Waals surface area contributed by atoms with Gasteiger partial charge in [-0.3, -0.25) is 4.79 Å². The molecule has 1 N–H and O–H groups in total. The number of fused-ring (bicyclic) bond motifs is 1. The Labute approximate surface area is 202 Å². The van der Waals surface area contributed by atoms with Gasteiger partial charge in [0.25, 0.3) is 5.91 Å². The van der Waals surface area contributed by atoms with E-state index in [4.69, 9.17) is 0 Å². The van der Waals surface area contributed by atoms with Crippen LogP contribution in [0.5, 0.6) is 0 Å². The molecule has 1 aliphatic carbocycles. The maximum atomic E-state index is 13.0. The van der Waals surface area contributed by atoms with Gasteiger partial charge in [-0.15, -0.1) is 10.2 Å². The van der Waals surface area contributed by atoms with Crippen molar-refractivity contribution in [1.29, 1.82) is 0 Å². The van der Waals surface area contributed by atoms with Gasteiger partial charge in [0.05, 0.1) is 12.0 Å². The van der Waals surface area contributed by atoms with Crippen molar-refractivity contribution in [3.8, 4) is 17.2 Å². The number of anilines is 1. The molecule has 1 aliphatic rings. The number of carbonyl (C=O) groups is 1. The van der Waals surface area contributed by atoms with Crippen molar-refractivity contribution in [2.24, 2.45) is 0 Å². The zero-order valence-electron chi connectivity index (χ0n) is 19.6. The number of aromatic nitrogens is 6. The molecule has 0 aliphatic heterocycles. The van der Waals surface area contributed by atoms with Crippen molar-refractivity contribution >= 4 is 22.5 Å². The molecule has 35 heavy (non-hydrogen) atoms. The summed E-state index contributed by atoms with van der Waals surface area (Å²) in [5.74, 6) is 1.55. The number of benzene rings is 2. The molecule has 8 nitrogen and oxygen atoms in total. The molecule has 0 radical (unpaired) electrons. The fraction of sp³-hybridized carbons (Fsp3) is 0.222. The van der Waals surface area contributed by atoms with Crippen LogP contribution in [0, 0.1) is 0 Å². The van der Waals surface area contributed by atoms with Crippen LogP contribution in [0.2, 0.25) is 0 Å². The third-order valence-corrected chi connectivity index (χ3v) is 6.33. The van der Waals surface area contributed by atoms with Gasteiger partial charge in [-0.2, -0.15) is 0 Å². The Morgan fingerprint density at radius 2 is 1.86 bits per heavy atom. The molecule has 2 aromatic carbocycles. The first-order chi connectivity index (χ1) is 17.0. The summed E-state index contributed by atoms with van der Waals surface area (Å²) >= 11 is 0. The minimum Gasteiger partial charge on any atom is -0.310 e. The SMILES string of the molecule is CC(C)n1cnnc1-c1cccc(NC(=O)c2ccc3cc(-n4cnc(C5CC5)c4)ccc3c2)n1. The number of imidazole rings is 1. The second-order valence-corrected chi connectivity index (χ2v) is 9.24. The summed E-state index contributed by atoms with van der Waals surface area (Å²) in [5, 5.41) is 13.2. The first-order valence-electron chi connectivity index (χ1n) is 11.8. The van der Waals surface area contributed by atoms with E-state index in [0.29, 0.717) is 28.8 Å². The molecule has 1 amide bonds. The molecule has 1 saturated carbocycles. The van der Waals surface area contributed by atoms with E-state index in [0.717, 1.165) is 16.5 Å². The van der Waals surface area contributed by atoms with E-state index in [1.807, 2.05) is 47.3 Å². The Kier molecular flexibility index (Phi) is 5.13. The summed E-state index contributed by atoms with van der Waals surface area (Å²) in [6.07, 6.45) is 8.15. The van der Waals surface area contributed by atoms with Crippen molar-refractivity contribution in [1.82, 2.24) is 29.3 Å². The molecule has 3 aromatic heterocycles. The topological polar surface area (TPSA) is 90.5 Å². The first-order valence-corrected chi connectivity index (χ1v) is 11.8. The quantitative estimate of drug-likeness (QED) is 0.365. The van der Waals surface area contributed by atoms with Crippen molar-refractivity contribution in [2.75, 3.05) is 5.32 Å². The zero-order chi connectivity index (χ0) is 23.9. The number of carbonyl (C=O) groups excluding carboxylic acids is 1. The molecular weight excluding hydrogens is 438 g/mol. The van der Waals surface area contributed by atoms with Crippen LogP contribution in [0.4, 0.5) is 5.82 Å². The molecule has 0 unspecified atom stereocenters. The minimum atomic E-state index is -0.213. The van der Waals surface area contributed by atoms with Gasteiger partial charge >= 0.3 is 0 Å². The molecule has 0 saturated heterocycles. The van der Waals surface area contributed by atoms with Gasteiger partial charge in [-0.05, 0) is 73.9 Å². The normalized spacial score (nSPS) is 13.5. The van der Waals surface area contributed by atoms with Crippen LogP contribution >= 0.6 is 0 Å². The molecule has 174 valence electrons. The maximum absolute atomic E-state index is 13.0. The Balaban J connectivity index is 1.22. The molecule has 5 aromatic rings. The number of nitrogens with zero attached hydrogens (tertiary/aromatic N) is 6. The van der Waals surface area contributed by atoms with E-state index in [9.17, 15) is 4.79 Å². The summed E-state index contributed by atoms with van der Waals surface area (Å²) in [6, 6.07) is 17.6. The lowest BCUT2D eigenvalue weighted by molar-refractivity contribution is 0.102. The summed E-state index contributed by atoms with van der Waals surface area (Å²) < 4.78 is 4.01. The van der Waals surface area contributed by atoms with Gasteiger partial charge in [-0.1, -0.05) is 18.2 Å². The average molecular weight is 464 g/mol. The smallest absolute Gasteiger partial charge is 0.256 e. The monoisotopic (exact) mass is 463 g/mol. The Morgan fingerprint density at radius 3 is 2.69 bits per heavy atom. The Hall–Kier alpha value is -4.33. The fourth-order valence-electron chi connectivity index (χ4n) is 4.23. The van der Waals surface area contributed by atoms with E-state index in [1.54, 1.807) is 12.4 Å². The summed E-state index contributed by atoms with van der Waals surface area (Å²) in [7, 11) is 0. The largest absolute Gasteiger partial charge is 0.310 e. The second-order valence-electron chi connectivity index (χ2n) is 9.24. The van der Waals surface area contributed by atoms with Crippen molar-refractivity contribution in [3.63, 3.8) is 0 Å². The lowest BCUT2D eigenvalue weighted by atomic mass is 10.1. The van der Waals surface area contributed by atoms with Crippen LogP contribution in [0.1, 0.15) is 54.7 Å². The highest BCUT2D eigenvalue weighted by Gasteiger charge is 2.25. The summed E-state index contributed by atoms with van der Waals surface area (Å²) in [5.41, 5.74) is 3.45. The average Bonchev–Trinajstić information content (AvgIpc) is 3.39. The van der Waals surface area contributed by atoms with Gasteiger partial charge in [0, 0.05) is 29.4 Å². The van der Waals surface area contributed by atoms with Gasteiger partial charge in [0.2, 0.25) is 0 Å². The number of nitrogens with one attached hydrogen (secondary N) is 1. The molecular formula is C27H25N7O. The predicted octanol–water partition coefficient (Wildman–Crippen LogP) is 5.39. The first kappa shape index (κ1) is 21.2. The van der Waals surface area contributed by atoms with E-state index >= 15 is 0 Å². The highest BCUT2D eigenvalue weighted by Crippen LogP contribution is 2.39. The predicted molar refractivity (Wildman–Crippen MR) is 135 cm³/mol. The van der Waals surface area contributed by atoms with E-state index in [1.165, 1.54) is 18.5 Å². The van der Waals surface area contributed by atoms with Crippen LogP contribution in [-0.4, -0.2) is 35.2 Å². The van der Waals surface area contributed by atoms with Crippen LogP contribution < -0.4 is 5.32 Å². The number of rotatable bonds is 6. The number of hydrogen-bond acceptors (Lipinski definition) is 5. The fourth-order valence-corrected chi connectivity index (χ4v) is 4.23. The van der Waals surface area contributed by atoms with Gasteiger partial charge in [0.15, 0.2) is 5.82 Å². The molecule has 1 fully saturated rings. The summed E-state index contributed by atoms with van der Waals surface area (Å²) in [4.78, 5) is 22.1. The highest BCUT2D eigenvalue weighted by atomic mass is 16.1. The Bertz CT molecular complexity index is 1540. The Morgan fingerprint density at radius 1 is 1.03 bits per heavy atom. The standard InChI is InChI=1S/C27H25N7O/c1-17(2)34-16-29-32-26(34)23-4-3-5-25(30-23)31-27(35)21-9-8-20-13-22(11-10-19(20)12-21)33-14-24(28-15-33)18-6-7-18/h3-5,8-18H,6-7H2,1-2H3,(H,30,31,35). The van der Waals surface area contributed by atoms with E-state index in [-0.39, 0.29) is 11.9 Å². The minimum absolute atomic E-state index is 0.201. The van der Waals surface area contributed by atoms with Crippen molar-refractivity contribution < 1.29 is 4.79 Å². The van der Waals surface area contributed by atoms with E-state index in [2.05, 4.69) is 62.2 Å². The molecule has 6 rings (SSSR count). The van der Waals surface area contributed by atoms with Gasteiger partial charge in [-0.25, -0.2) is 9.97 Å². The molecule has 0 bridgehead atoms. The van der Waals surface area contributed by atoms with Gasteiger partial charge in [0.1, 0.15) is 17.8 Å². The second kappa shape index (κ2) is 8.47. The zero-order valence-corrected chi connectivity index (χ0v) is 19.6. The lowest BCUT2D eigenvalue weighted by Crippen LogP contribution is -2.13. The summed E-state index contributed by atoms with van der Waals surface area (Å²) in [6.45, 7) is 4.12. The number of amides is 1. The van der Waals surface area contributed by atoms with Crippen molar-refractivity contribution in [3.05, 3.63) is 84.7 Å². The van der Waals surface area contributed by atoms with E-state index < -0.39 is 0 Å². The maximum Gasteiger partial charge on any atom is 0.256 e. The third kappa shape index (κ3) is 4.19. The third-order valence-electron chi connectivity index (χ3n) is 6.33. The van der Waals surface area contributed by atoms with Crippen LogP contribution in [-0.2, 0) is 0 Å².